The fraction of sp³-hybridized carbons (Fsp3) is 0.100. The molecule has 1 aliphatic rings. The van der Waals surface area contributed by atoms with Crippen LogP contribution < -0.4 is 9.80 Å². The van der Waals surface area contributed by atoms with Crippen molar-refractivity contribution in [2.24, 2.45) is 4.99 Å². The number of urea groups is 2. The van der Waals surface area contributed by atoms with Crippen molar-refractivity contribution < 1.29 is 14.4 Å². The molecule has 4 aromatic carbocycles. The van der Waals surface area contributed by atoms with Gasteiger partial charge in [0.05, 0.1) is 17.1 Å². The van der Waals surface area contributed by atoms with E-state index in [2.05, 4.69) is 24.0 Å². The lowest BCUT2D eigenvalue weighted by molar-refractivity contribution is 0.226. The van der Waals surface area contributed by atoms with Gasteiger partial charge >= 0.3 is 12.1 Å². The molecule has 4 amide bonds. The maximum atomic E-state index is 12.9. The average Bonchev–Trinajstić information content (AvgIpc) is 2.89. The fourth-order valence-corrected chi connectivity index (χ4v) is 4.35. The van der Waals surface area contributed by atoms with Gasteiger partial charge in [0.2, 0.25) is 6.08 Å². The number of aryl methyl sites for hydroxylation is 1. The van der Waals surface area contributed by atoms with Crippen molar-refractivity contribution in [1.29, 1.82) is 0 Å². The van der Waals surface area contributed by atoms with Crippen LogP contribution in [0.15, 0.2) is 102 Å². The van der Waals surface area contributed by atoms with Crippen molar-refractivity contribution in [3.63, 3.8) is 0 Å². The second kappa shape index (κ2) is 9.82. The van der Waals surface area contributed by atoms with Crippen LogP contribution in [-0.4, -0.2) is 18.1 Å². The lowest BCUT2D eigenvalue weighted by atomic mass is 10.0. The summed E-state index contributed by atoms with van der Waals surface area (Å²) >= 11 is 0. The molecule has 176 valence electrons. The number of imide groups is 2. The van der Waals surface area contributed by atoms with E-state index < -0.39 is 0 Å². The molecular weight excluding hydrogens is 450 g/mol. The molecule has 0 unspecified atom stereocenters. The highest BCUT2D eigenvalue weighted by Gasteiger charge is 2.45. The number of hydrogen-bond donors (Lipinski definition) is 0. The van der Waals surface area contributed by atoms with Gasteiger partial charge in [-0.05, 0) is 77.9 Å². The summed E-state index contributed by atoms with van der Waals surface area (Å²) in [6, 6.07) is 29.6. The van der Waals surface area contributed by atoms with E-state index in [9.17, 15) is 14.4 Å². The van der Waals surface area contributed by atoms with E-state index in [-0.39, 0.29) is 12.1 Å². The monoisotopic (exact) mass is 473 g/mol. The molecule has 1 heterocycles. The Kier molecular flexibility index (Phi) is 6.27. The molecule has 1 fully saturated rings. The summed E-state index contributed by atoms with van der Waals surface area (Å²) in [5, 5.41) is 0. The molecular formula is C30H23N3O3. The molecule has 0 aromatic heterocycles. The normalized spacial score (nSPS) is 12.8. The Labute approximate surface area is 209 Å². The summed E-state index contributed by atoms with van der Waals surface area (Å²) in [6.07, 6.45) is 2.93. The molecule has 0 radical (unpaired) electrons. The molecule has 0 atom stereocenters. The number of anilines is 2. The quantitative estimate of drug-likeness (QED) is 0.221. The zero-order valence-electron chi connectivity index (χ0n) is 19.7. The molecule has 5 rings (SSSR count). The number of para-hydroxylation sites is 1. The molecule has 0 N–H and O–H groups in total. The zero-order valence-corrected chi connectivity index (χ0v) is 19.7. The summed E-state index contributed by atoms with van der Waals surface area (Å²) in [4.78, 5) is 42.5. The van der Waals surface area contributed by atoms with Gasteiger partial charge in [-0.25, -0.2) is 24.2 Å². The Morgan fingerprint density at radius 1 is 0.639 bits per heavy atom. The van der Waals surface area contributed by atoms with Crippen molar-refractivity contribution in [3.8, 4) is 0 Å². The smallest absolute Gasteiger partial charge is 0.246 e. The van der Waals surface area contributed by atoms with Crippen molar-refractivity contribution in [2.45, 2.75) is 19.8 Å². The number of amides is 4. The Bertz CT molecular complexity index is 1470. The van der Waals surface area contributed by atoms with Gasteiger partial charge in [0.1, 0.15) is 0 Å². The van der Waals surface area contributed by atoms with Crippen LogP contribution in [0.2, 0.25) is 0 Å². The minimum absolute atomic E-state index is 0.384. The van der Waals surface area contributed by atoms with Gasteiger partial charge in [-0.1, -0.05) is 66.7 Å². The first-order valence-corrected chi connectivity index (χ1v) is 11.6. The molecule has 0 aliphatic carbocycles. The third-order valence-electron chi connectivity index (χ3n) is 6.36. The predicted molar refractivity (Wildman–Crippen MR) is 140 cm³/mol. The second-order valence-corrected chi connectivity index (χ2v) is 8.68. The number of hydrogen-bond acceptors (Lipinski definition) is 4. The van der Waals surface area contributed by atoms with Gasteiger partial charge < -0.3 is 0 Å². The Balaban J connectivity index is 1.26. The SMILES string of the molecule is Cc1ccccc1Cc1ccc(N2C(=O)N(c3ccc(Cc4ccccc4N=C=O)cc3)C2=O)cc1. The van der Waals surface area contributed by atoms with Crippen LogP contribution in [0.25, 0.3) is 0 Å². The Hall–Kier alpha value is -4.80. The molecule has 36 heavy (non-hydrogen) atoms. The van der Waals surface area contributed by atoms with Gasteiger partial charge in [0.15, 0.2) is 0 Å². The van der Waals surface area contributed by atoms with Gasteiger partial charge in [-0.3, -0.25) is 0 Å². The van der Waals surface area contributed by atoms with Crippen LogP contribution in [0, 0.1) is 6.92 Å². The molecule has 6 nitrogen and oxygen atoms in total. The van der Waals surface area contributed by atoms with Crippen molar-refractivity contribution in [3.05, 3.63) is 125 Å². The number of isocyanates is 1. The van der Waals surface area contributed by atoms with E-state index in [0.717, 1.165) is 28.0 Å². The third kappa shape index (κ3) is 4.45. The first-order chi connectivity index (χ1) is 17.5. The van der Waals surface area contributed by atoms with Crippen molar-refractivity contribution >= 4 is 35.2 Å². The summed E-state index contributed by atoms with van der Waals surface area (Å²) in [6.45, 7) is 2.09. The van der Waals surface area contributed by atoms with Gasteiger partial charge in [-0.15, -0.1) is 0 Å². The van der Waals surface area contributed by atoms with Crippen LogP contribution in [0.4, 0.5) is 26.7 Å². The highest BCUT2D eigenvalue weighted by molar-refractivity contribution is 6.41. The predicted octanol–water partition coefficient (Wildman–Crippen LogP) is 6.71. The first-order valence-electron chi connectivity index (χ1n) is 11.6. The van der Waals surface area contributed by atoms with Crippen LogP contribution in [-0.2, 0) is 17.6 Å². The Morgan fingerprint density at radius 2 is 1.11 bits per heavy atom. The number of carbonyl (C=O) groups excluding carboxylic acids is 3. The van der Waals surface area contributed by atoms with E-state index >= 15 is 0 Å². The number of carbonyl (C=O) groups is 2. The summed E-state index contributed by atoms with van der Waals surface area (Å²) < 4.78 is 0. The van der Waals surface area contributed by atoms with Crippen molar-refractivity contribution in [2.75, 3.05) is 9.80 Å². The van der Waals surface area contributed by atoms with Gasteiger partial charge in [0, 0.05) is 0 Å². The minimum atomic E-state index is -0.384. The maximum absolute atomic E-state index is 12.9. The summed E-state index contributed by atoms with van der Waals surface area (Å²) in [5.74, 6) is 0. The van der Waals surface area contributed by atoms with Crippen LogP contribution in [0.3, 0.4) is 0 Å². The highest BCUT2D eigenvalue weighted by Crippen LogP contribution is 2.31. The molecule has 4 aromatic rings. The fourth-order valence-electron chi connectivity index (χ4n) is 4.35. The molecule has 1 saturated heterocycles. The molecule has 6 heteroatoms. The van der Waals surface area contributed by atoms with Crippen LogP contribution >= 0.6 is 0 Å². The standard InChI is InChI=1S/C30H23N3O3/c1-21-6-2-3-7-24(21)18-22-10-14-26(15-11-22)32-29(35)33(30(32)36)27-16-12-23(13-17-27)19-25-8-4-5-9-28(25)31-20-34/h2-17H,18-19H2,1H3. The van der Waals surface area contributed by atoms with Crippen molar-refractivity contribution in [1.82, 2.24) is 0 Å². The zero-order chi connectivity index (χ0) is 25.1. The molecule has 1 aliphatic heterocycles. The lowest BCUT2D eigenvalue weighted by Crippen LogP contribution is -2.64. The lowest BCUT2D eigenvalue weighted by Gasteiger charge is -2.38. The number of benzene rings is 4. The van der Waals surface area contributed by atoms with E-state index in [0.29, 0.717) is 23.5 Å². The van der Waals surface area contributed by atoms with Crippen LogP contribution in [0.1, 0.15) is 27.8 Å². The van der Waals surface area contributed by atoms with Gasteiger partial charge in [-0.2, -0.15) is 4.99 Å². The molecule has 0 saturated carbocycles. The number of aliphatic imine (C=N–C) groups is 1. The third-order valence-corrected chi connectivity index (χ3v) is 6.36. The van der Waals surface area contributed by atoms with E-state index in [1.54, 1.807) is 24.3 Å². The topological polar surface area (TPSA) is 70.1 Å². The van der Waals surface area contributed by atoms with E-state index in [1.807, 2.05) is 66.7 Å². The average molecular weight is 474 g/mol. The minimum Gasteiger partial charge on any atom is -0.246 e. The van der Waals surface area contributed by atoms with Gasteiger partial charge in [0.25, 0.3) is 0 Å². The van der Waals surface area contributed by atoms with E-state index in [1.165, 1.54) is 16.0 Å². The number of nitrogens with zero attached hydrogens (tertiary/aromatic N) is 3. The number of rotatable bonds is 7. The largest absolute Gasteiger partial charge is 0.345 e. The van der Waals surface area contributed by atoms with Crippen LogP contribution in [0.5, 0.6) is 0 Å². The Morgan fingerprint density at radius 3 is 1.64 bits per heavy atom. The van der Waals surface area contributed by atoms with E-state index in [4.69, 9.17) is 0 Å². The second-order valence-electron chi connectivity index (χ2n) is 8.68. The molecule has 0 bridgehead atoms. The maximum Gasteiger partial charge on any atom is 0.345 e. The first kappa shape index (κ1) is 23.0. The summed E-state index contributed by atoms with van der Waals surface area (Å²) in [5.41, 5.74) is 7.09. The highest BCUT2D eigenvalue weighted by atomic mass is 16.2. The molecule has 0 spiro atoms. The summed E-state index contributed by atoms with van der Waals surface area (Å²) in [7, 11) is 0.